The van der Waals surface area contributed by atoms with Gasteiger partial charge in [-0.1, -0.05) is 6.92 Å². The molecule has 0 saturated carbocycles. The van der Waals surface area contributed by atoms with Crippen LogP contribution in [-0.2, 0) is 0 Å². The lowest BCUT2D eigenvalue weighted by atomic mass is 10.2. The highest BCUT2D eigenvalue weighted by molar-refractivity contribution is 7.99. The summed E-state index contributed by atoms with van der Waals surface area (Å²) in [5.74, 6) is 2.84. The Hall–Kier alpha value is -1.28. The minimum absolute atomic E-state index is 0.308. The number of hydrogen-bond donors (Lipinski definition) is 1. The van der Waals surface area contributed by atoms with E-state index >= 15 is 0 Å². The fourth-order valence-corrected chi connectivity index (χ4v) is 2.05. The van der Waals surface area contributed by atoms with Crippen LogP contribution in [0.2, 0.25) is 0 Å². The molecule has 0 amide bonds. The van der Waals surface area contributed by atoms with E-state index in [1.165, 1.54) is 6.20 Å². The van der Waals surface area contributed by atoms with Gasteiger partial charge in [0.15, 0.2) is 5.82 Å². The van der Waals surface area contributed by atoms with Crippen LogP contribution >= 0.6 is 11.8 Å². The zero-order valence-electron chi connectivity index (χ0n) is 9.60. The molecule has 1 heterocycles. The van der Waals surface area contributed by atoms with Gasteiger partial charge < -0.3 is 5.32 Å². The van der Waals surface area contributed by atoms with Crippen molar-refractivity contribution in [3.05, 3.63) is 17.8 Å². The maximum atomic E-state index is 8.88. The van der Waals surface area contributed by atoms with E-state index in [0.29, 0.717) is 17.4 Å². The first-order valence-corrected chi connectivity index (χ1v) is 6.49. The quantitative estimate of drug-likeness (QED) is 0.768. The summed E-state index contributed by atoms with van der Waals surface area (Å²) >= 11 is 1.92. The summed E-state index contributed by atoms with van der Waals surface area (Å²) in [5, 5.41) is 19.8. The molecule has 1 unspecified atom stereocenters. The Kier molecular flexibility index (Phi) is 5.65. The number of rotatable bonds is 6. The van der Waals surface area contributed by atoms with Gasteiger partial charge in [-0.05, 0) is 30.9 Å². The van der Waals surface area contributed by atoms with Crippen LogP contribution in [0.15, 0.2) is 12.3 Å². The van der Waals surface area contributed by atoms with Gasteiger partial charge in [0.05, 0.1) is 11.8 Å². The molecule has 1 aromatic heterocycles. The van der Waals surface area contributed by atoms with E-state index in [-0.39, 0.29) is 0 Å². The van der Waals surface area contributed by atoms with Gasteiger partial charge in [-0.2, -0.15) is 22.1 Å². The summed E-state index contributed by atoms with van der Waals surface area (Å²) in [6, 6.07) is 4.08. The Morgan fingerprint density at radius 3 is 3.12 bits per heavy atom. The number of anilines is 1. The monoisotopic (exact) mass is 236 g/mol. The Bertz CT molecular complexity index is 361. The Morgan fingerprint density at radius 1 is 1.62 bits per heavy atom. The van der Waals surface area contributed by atoms with Crippen molar-refractivity contribution < 1.29 is 0 Å². The summed E-state index contributed by atoms with van der Waals surface area (Å²) in [6.07, 6.45) is 2.58. The van der Waals surface area contributed by atoms with Crippen molar-refractivity contribution in [2.24, 2.45) is 0 Å². The van der Waals surface area contributed by atoms with Crippen molar-refractivity contribution in [2.75, 3.05) is 16.8 Å². The maximum Gasteiger partial charge on any atom is 0.166 e. The van der Waals surface area contributed by atoms with Crippen molar-refractivity contribution in [1.29, 1.82) is 5.26 Å². The summed E-state index contributed by atoms with van der Waals surface area (Å²) < 4.78 is 0. The van der Waals surface area contributed by atoms with Crippen LogP contribution in [0.3, 0.4) is 0 Å². The summed E-state index contributed by atoms with van der Waals surface area (Å²) in [6.45, 7) is 4.24. The summed E-state index contributed by atoms with van der Waals surface area (Å²) in [5.41, 5.74) is 0.546. The summed E-state index contributed by atoms with van der Waals surface area (Å²) in [7, 11) is 0. The average molecular weight is 236 g/mol. The van der Waals surface area contributed by atoms with Gasteiger partial charge in [0.1, 0.15) is 6.07 Å². The largest absolute Gasteiger partial charge is 0.365 e. The molecule has 0 radical (unpaired) electrons. The molecule has 1 rings (SSSR count). The number of nitrogens with zero attached hydrogens (tertiary/aromatic N) is 3. The Labute approximate surface area is 100 Å². The van der Waals surface area contributed by atoms with Crippen LogP contribution in [-0.4, -0.2) is 27.7 Å². The molecule has 0 saturated heterocycles. The summed E-state index contributed by atoms with van der Waals surface area (Å²) in [4.78, 5) is 0. The molecule has 0 aromatic carbocycles. The second kappa shape index (κ2) is 7.07. The molecule has 86 valence electrons. The molecule has 0 fully saturated rings. The first-order valence-electron chi connectivity index (χ1n) is 5.34. The third-order valence-corrected chi connectivity index (χ3v) is 3.06. The second-order valence-electron chi connectivity index (χ2n) is 3.44. The van der Waals surface area contributed by atoms with Gasteiger partial charge in [0.25, 0.3) is 0 Å². The van der Waals surface area contributed by atoms with E-state index in [1.54, 1.807) is 6.07 Å². The van der Waals surface area contributed by atoms with Crippen molar-refractivity contribution in [3.63, 3.8) is 0 Å². The third kappa shape index (κ3) is 4.07. The first kappa shape index (κ1) is 12.8. The van der Waals surface area contributed by atoms with Gasteiger partial charge in [-0.15, -0.1) is 5.10 Å². The molecule has 0 spiro atoms. The standard InChI is InChI=1S/C11H16N4S/c1-3-16-7-5-9(2)14-11-10(8-12)4-6-13-15-11/h4,6,9H,3,5,7H2,1-2H3,(H,14,15). The van der Waals surface area contributed by atoms with E-state index in [4.69, 9.17) is 5.26 Å². The second-order valence-corrected chi connectivity index (χ2v) is 4.83. The molecule has 1 atom stereocenters. The van der Waals surface area contributed by atoms with E-state index in [9.17, 15) is 0 Å². The van der Waals surface area contributed by atoms with Gasteiger partial charge in [-0.25, -0.2) is 0 Å². The molecule has 0 bridgehead atoms. The lowest BCUT2D eigenvalue weighted by Crippen LogP contribution is -2.18. The van der Waals surface area contributed by atoms with Crippen molar-refractivity contribution in [3.8, 4) is 6.07 Å². The first-order chi connectivity index (χ1) is 7.77. The topological polar surface area (TPSA) is 61.6 Å². The number of hydrogen-bond acceptors (Lipinski definition) is 5. The third-order valence-electron chi connectivity index (χ3n) is 2.12. The molecule has 1 N–H and O–H groups in total. The average Bonchev–Trinajstić information content (AvgIpc) is 2.30. The molecule has 16 heavy (non-hydrogen) atoms. The lowest BCUT2D eigenvalue weighted by Gasteiger charge is -2.14. The fraction of sp³-hybridized carbons (Fsp3) is 0.545. The minimum Gasteiger partial charge on any atom is -0.365 e. The fourth-order valence-electron chi connectivity index (χ4n) is 1.24. The number of thioether (sulfide) groups is 1. The van der Waals surface area contributed by atoms with E-state index in [2.05, 4.69) is 35.4 Å². The molecule has 5 heteroatoms. The van der Waals surface area contributed by atoms with Gasteiger partial charge in [-0.3, -0.25) is 0 Å². The highest BCUT2D eigenvalue weighted by atomic mass is 32.2. The highest BCUT2D eigenvalue weighted by Gasteiger charge is 2.07. The molecule has 0 aliphatic carbocycles. The zero-order valence-corrected chi connectivity index (χ0v) is 10.4. The smallest absolute Gasteiger partial charge is 0.166 e. The van der Waals surface area contributed by atoms with Crippen LogP contribution in [0, 0.1) is 11.3 Å². The van der Waals surface area contributed by atoms with E-state index in [1.807, 2.05) is 11.8 Å². The van der Waals surface area contributed by atoms with Crippen LogP contribution in [0.5, 0.6) is 0 Å². The van der Waals surface area contributed by atoms with E-state index in [0.717, 1.165) is 17.9 Å². The van der Waals surface area contributed by atoms with Crippen LogP contribution in [0.1, 0.15) is 25.8 Å². The van der Waals surface area contributed by atoms with Gasteiger partial charge in [0.2, 0.25) is 0 Å². The SMILES string of the molecule is CCSCCC(C)Nc1nnccc1C#N. The van der Waals surface area contributed by atoms with E-state index < -0.39 is 0 Å². The van der Waals surface area contributed by atoms with Crippen LogP contribution < -0.4 is 5.32 Å². The van der Waals surface area contributed by atoms with Crippen molar-refractivity contribution in [1.82, 2.24) is 10.2 Å². The maximum absolute atomic E-state index is 8.88. The number of nitrogens with one attached hydrogen (secondary N) is 1. The minimum atomic E-state index is 0.308. The van der Waals surface area contributed by atoms with Crippen molar-refractivity contribution in [2.45, 2.75) is 26.3 Å². The van der Waals surface area contributed by atoms with Crippen LogP contribution in [0.4, 0.5) is 5.82 Å². The highest BCUT2D eigenvalue weighted by Crippen LogP contribution is 2.12. The molecule has 0 aliphatic rings. The molecular weight excluding hydrogens is 220 g/mol. The molecule has 1 aromatic rings. The Morgan fingerprint density at radius 2 is 2.44 bits per heavy atom. The van der Waals surface area contributed by atoms with Gasteiger partial charge >= 0.3 is 0 Å². The number of aromatic nitrogens is 2. The normalized spacial score (nSPS) is 11.8. The molecule has 4 nitrogen and oxygen atoms in total. The molecule has 0 aliphatic heterocycles. The molecular formula is C11H16N4S. The Balaban J connectivity index is 2.49. The van der Waals surface area contributed by atoms with Crippen LogP contribution in [0.25, 0.3) is 0 Å². The zero-order chi connectivity index (χ0) is 11.8. The predicted molar refractivity (Wildman–Crippen MR) is 67.4 cm³/mol. The predicted octanol–water partition coefficient (Wildman–Crippen LogP) is 2.29. The number of nitriles is 1. The van der Waals surface area contributed by atoms with Crippen molar-refractivity contribution >= 4 is 17.6 Å². The lowest BCUT2D eigenvalue weighted by molar-refractivity contribution is 0.761. The van der Waals surface area contributed by atoms with Gasteiger partial charge in [0, 0.05) is 6.04 Å².